The molecule has 0 amide bonds. The number of aromatic amines is 1. The molecule has 1 N–H and O–H groups in total. The van der Waals surface area contributed by atoms with Crippen LogP contribution in [0.4, 0.5) is 0 Å². The average Bonchev–Trinajstić information content (AvgIpc) is 2.77. The zero-order valence-corrected chi connectivity index (χ0v) is 17.1. The fourth-order valence-electron chi connectivity index (χ4n) is 2.88. The van der Waals surface area contributed by atoms with Crippen molar-refractivity contribution in [2.45, 2.75) is 52.0 Å². The predicted molar refractivity (Wildman–Crippen MR) is 88.7 cm³/mol. The maximum Gasteiger partial charge on any atom is 0.262 e. The number of hydrogen-bond donors (Lipinski definition) is 1. The van der Waals surface area contributed by atoms with Crippen molar-refractivity contribution in [1.82, 2.24) is 19.7 Å². The number of H-pyrrole nitrogens is 1. The van der Waals surface area contributed by atoms with Crippen LogP contribution in [0.25, 0.3) is 16.4 Å². The van der Waals surface area contributed by atoms with Crippen molar-refractivity contribution in [2.75, 3.05) is 13.1 Å². The molecule has 0 aliphatic carbocycles. The summed E-state index contributed by atoms with van der Waals surface area (Å²) in [6.45, 7) is 9.72. The Hall–Kier alpha value is -0.521. The van der Waals surface area contributed by atoms with Crippen molar-refractivity contribution >= 4 is 19.4 Å². The first kappa shape index (κ1) is 20.5. The van der Waals surface area contributed by atoms with Crippen LogP contribution in [0.3, 0.4) is 0 Å². The minimum absolute atomic E-state index is 0. The van der Waals surface area contributed by atoms with Crippen molar-refractivity contribution in [2.24, 2.45) is 0 Å². The number of nitrogens with one attached hydrogen (secondary N) is 1. The molecule has 2 aromatic rings. The largest absolute Gasteiger partial charge is 0.662 e. The minimum Gasteiger partial charge on any atom is -0.662 e. The van der Waals surface area contributed by atoms with E-state index in [9.17, 15) is 4.79 Å². The summed E-state index contributed by atoms with van der Waals surface area (Å²) in [4.78, 5) is 20.1. The second kappa shape index (κ2) is 7.58. The van der Waals surface area contributed by atoms with Crippen LogP contribution in [-0.4, -0.2) is 41.3 Å². The van der Waals surface area contributed by atoms with Gasteiger partial charge in [-0.15, -0.1) is 13.1 Å². The summed E-state index contributed by atoms with van der Waals surface area (Å²) in [6.07, 6.45) is 2.09. The summed E-state index contributed by atoms with van der Waals surface area (Å²) in [7, 11) is 0. The van der Waals surface area contributed by atoms with Crippen LogP contribution >= 0.6 is 0 Å². The Morgan fingerprint density at radius 1 is 1.35 bits per heavy atom. The molecule has 23 heavy (non-hydrogen) atoms. The third-order valence-corrected chi connectivity index (χ3v) is 3.97. The van der Waals surface area contributed by atoms with E-state index in [2.05, 4.69) is 36.2 Å². The molecule has 3 rings (SSSR count). The smallest absolute Gasteiger partial charge is 0.262 e. The molecule has 3 heterocycles. The van der Waals surface area contributed by atoms with Gasteiger partial charge in [-0.05, 0) is 40.0 Å². The van der Waals surface area contributed by atoms with Gasteiger partial charge in [-0.25, -0.2) is 9.67 Å². The second-order valence-corrected chi connectivity index (χ2v) is 6.79. The molecule has 0 saturated carbocycles. The first-order valence-electron chi connectivity index (χ1n) is 7.51. The summed E-state index contributed by atoms with van der Waals surface area (Å²) in [5.41, 5.74) is 1.12. The van der Waals surface area contributed by atoms with Crippen molar-refractivity contribution in [3.63, 3.8) is 0 Å². The van der Waals surface area contributed by atoms with Gasteiger partial charge in [0, 0.05) is 41.1 Å². The van der Waals surface area contributed by atoms with Crippen molar-refractivity contribution in [1.29, 1.82) is 0 Å². The first-order valence-corrected chi connectivity index (χ1v) is 7.51. The average molecular weight is 388 g/mol. The maximum absolute atomic E-state index is 12.4. The summed E-state index contributed by atoms with van der Waals surface area (Å²) in [5.74, 6) is 0.973. The number of aryl methyl sites for hydroxylation is 1. The van der Waals surface area contributed by atoms with Gasteiger partial charge in [-0.2, -0.15) is 5.10 Å². The third kappa shape index (κ3) is 3.94. The van der Waals surface area contributed by atoms with E-state index in [0.717, 1.165) is 37.4 Å². The van der Waals surface area contributed by atoms with E-state index in [1.54, 1.807) is 0 Å². The monoisotopic (exact) mass is 388 g/mol. The van der Waals surface area contributed by atoms with E-state index in [1.165, 1.54) is 0 Å². The summed E-state index contributed by atoms with van der Waals surface area (Å²) < 4.78 is 1.86. The van der Waals surface area contributed by atoms with E-state index in [-0.39, 0.29) is 58.1 Å². The molecule has 1 saturated heterocycles. The molecule has 4 radical (unpaired) electrons. The molecule has 8 heteroatoms. The van der Waals surface area contributed by atoms with Gasteiger partial charge < -0.3 is 10.3 Å². The van der Waals surface area contributed by atoms with Crippen LogP contribution in [-0.2, 0) is 38.2 Å². The van der Waals surface area contributed by atoms with Crippen molar-refractivity contribution in [3.8, 4) is 0 Å². The predicted octanol–water partition coefficient (Wildman–Crippen LogP) is 2.05. The molecular formula is C15H22BN5OY-. The van der Waals surface area contributed by atoms with Gasteiger partial charge in [0.2, 0.25) is 0 Å². The molecule has 1 unspecified atom stereocenters. The summed E-state index contributed by atoms with van der Waals surface area (Å²) in [6, 6.07) is 0. The van der Waals surface area contributed by atoms with E-state index >= 15 is 0 Å². The SMILES string of the molecule is Cc1nn(C(C)(C)C)c2nc(C3CCC[N-]C3)[nH]c(=O)c12.[B].[Y]. The number of nitrogens with zero attached hydrogens (tertiary/aromatic N) is 4. The number of aromatic nitrogens is 4. The molecule has 120 valence electrons. The Morgan fingerprint density at radius 3 is 2.61 bits per heavy atom. The van der Waals surface area contributed by atoms with Gasteiger partial charge >= 0.3 is 0 Å². The summed E-state index contributed by atoms with van der Waals surface area (Å²) >= 11 is 0. The standard InChI is InChI=1S/C15H22N5O.B.Y/c1-9-11-13(20(19-9)15(2,3)4)17-12(18-14(11)21)10-6-5-7-16-8-10;;/h10H,5-8H2,1-4H3,(H,17,18,21);;/q-1;;. The molecule has 6 nitrogen and oxygen atoms in total. The van der Waals surface area contributed by atoms with Gasteiger partial charge in [0.05, 0.1) is 11.2 Å². The van der Waals surface area contributed by atoms with Crippen LogP contribution in [0.1, 0.15) is 51.0 Å². The van der Waals surface area contributed by atoms with E-state index in [1.807, 2.05) is 11.6 Å². The van der Waals surface area contributed by atoms with Gasteiger partial charge in [0.1, 0.15) is 11.2 Å². The van der Waals surface area contributed by atoms with E-state index in [4.69, 9.17) is 4.98 Å². The van der Waals surface area contributed by atoms with Crippen LogP contribution in [0.2, 0.25) is 0 Å². The van der Waals surface area contributed by atoms with Crippen LogP contribution in [0.15, 0.2) is 4.79 Å². The Morgan fingerprint density at radius 2 is 2.04 bits per heavy atom. The topological polar surface area (TPSA) is 77.7 Å². The third-order valence-electron chi connectivity index (χ3n) is 3.97. The second-order valence-electron chi connectivity index (χ2n) is 6.79. The first-order chi connectivity index (χ1) is 9.88. The zero-order valence-electron chi connectivity index (χ0n) is 14.3. The Balaban J connectivity index is 0.00000132. The molecule has 0 spiro atoms. The molecule has 1 fully saturated rings. The Labute approximate surface area is 163 Å². The molecule has 0 aromatic carbocycles. The van der Waals surface area contributed by atoms with Crippen molar-refractivity contribution < 1.29 is 32.7 Å². The fraction of sp³-hybridized carbons (Fsp3) is 0.667. The Kier molecular flexibility index (Phi) is 6.76. The van der Waals surface area contributed by atoms with Gasteiger partial charge in [0.15, 0.2) is 5.65 Å². The van der Waals surface area contributed by atoms with Crippen LogP contribution in [0.5, 0.6) is 0 Å². The molecule has 1 atom stereocenters. The van der Waals surface area contributed by atoms with Crippen LogP contribution < -0.4 is 5.56 Å². The minimum atomic E-state index is -0.207. The van der Waals surface area contributed by atoms with E-state index in [0.29, 0.717) is 11.0 Å². The zero-order chi connectivity index (χ0) is 15.2. The quantitative estimate of drug-likeness (QED) is 0.760. The van der Waals surface area contributed by atoms with Crippen LogP contribution in [0, 0.1) is 6.92 Å². The van der Waals surface area contributed by atoms with E-state index < -0.39 is 0 Å². The maximum atomic E-state index is 12.4. The van der Waals surface area contributed by atoms with Gasteiger partial charge in [0.25, 0.3) is 5.56 Å². The molecule has 1 aliphatic heterocycles. The number of rotatable bonds is 1. The van der Waals surface area contributed by atoms with Gasteiger partial charge in [-0.3, -0.25) is 4.79 Å². The molecular weight excluding hydrogens is 366 g/mol. The van der Waals surface area contributed by atoms with Gasteiger partial charge in [-0.1, -0.05) is 6.42 Å². The molecule has 2 aromatic heterocycles. The molecule has 1 aliphatic rings. The Bertz CT molecular complexity index is 728. The molecule has 0 bridgehead atoms. The number of hydrogen-bond acceptors (Lipinski definition) is 3. The number of piperidine rings is 1. The normalized spacial score (nSPS) is 18.3. The fourth-order valence-corrected chi connectivity index (χ4v) is 2.88. The number of fused-ring (bicyclic) bond motifs is 1. The van der Waals surface area contributed by atoms with Crippen molar-refractivity contribution in [3.05, 3.63) is 27.2 Å². The summed E-state index contributed by atoms with van der Waals surface area (Å²) in [5, 5.41) is 9.55.